The van der Waals surface area contributed by atoms with Gasteiger partial charge in [-0.05, 0) is 39.0 Å². The SMILES string of the molecule is CC(N)C(=O)c1ccc2c(c1)N(C)C(=O)C(C)(C)O2. The summed E-state index contributed by atoms with van der Waals surface area (Å²) >= 11 is 0. The molecule has 1 heterocycles. The maximum Gasteiger partial charge on any atom is 0.270 e. The fraction of sp³-hybridized carbons (Fsp3) is 0.429. The van der Waals surface area contributed by atoms with Gasteiger partial charge < -0.3 is 15.4 Å². The number of anilines is 1. The van der Waals surface area contributed by atoms with E-state index in [1.807, 2.05) is 0 Å². The lowest BCUT2D eigenvalue weighted by Crippen LogP contribution is -2.51. The number of hydrogen-bond acceptors (Lipinski definition) is 4. The number of fused-ring (bicyclic) bond motifs is 1. The molecule has 0 spiro atoms. The van der Waals surface area contributed by atoms with Crippen LogP contribution in [0.3, 0.4) is 0 Å². The summed E-state index contributed by atoms with van der Waals surface area (Å²) in [6, 6.07) is 4.45. The molecular formula is C14H18N2O3. The smallest absolute Gasteiger partial charge is 0.270 e. The van der Waals surface area contributed by atoms with Crippen molar-refractivity contribution in [2.75, 3.05) is 11.9 Å². The molecule has 19 heavy (non-hydrogen) atoms. The van der Waals surface area contributed by atoms with E-state index in [-0.39, 0.29) is 11.7 Å². The number of amides is 1. The maximum absolute atomic E-state index is 12.1. The minimum absolute atomic E-state index is 0.148. The van der Waals surface area contributed by atoms with Crippen LogP contribution in [0.1, 0.15) is 31.1 Å². The molecular weight excluding hydrogens is 244 g/mol. The summed E-state index contributed by atoms with van der Waals surface area (Å²) in [6.45, 7) is 5.07. The highest BCUT2D eigenvalue weighted by molar-refractivity contribution is 6.05. The van der Waals surface area contributed by atoms with Crippen LogP contribution in [0.5, 0.6) is 5.75 Å². The van der Waals surface area contributed by atoms with Gasteiger partial charge in [0.05, 0.1) is 11.7 Å². The minimum atomic E-state index is -0.894. The zero-order valence-electron chi connectivity index (χ0n) is 11.6. The molecule has 0 radical (unpaired) electrons. The predicted octanol–water partition coefficient (Wildman–Crippen LogP) is 1.35. The van der Waals surface area contributed by atoms with Crippen LogP contribution in [0.2, 0.25) is 0 Å². The van der Waals surface area contributed by atoms with E-state index < -0.39 is 11.6 Å². The van der Waals surface area contributed by atoms with Gasteiger partial charge in [0.25, 0.3) is 5.91 Å². The average molecular weight is 262 g/mol. The van der Waals surface area contributed by atoms with Crippen molar-refractivity contribution in [3.63, 3.8) is 0 Å². The van der Waals surface area contributed by atoms with Crippen molar-refractivity contribution >= 4 is 17.4 Å². The molecule has 1 aromatic carbocycles. The number of benzene rings is 1. The van der Waals surface area contributed by atoms with E-state index in [2.05, 4.69) is 0 Å². The fourth-order valence-corrected chi connectivity index (χ4v) is 2.11. The summed E-state index contributed by atoms with van der Waals surface area (Å²) in [5, 5.41) is 0. The van der Waals surface area contributed by atoms with Crippen molar-refractivity contribution in [3.05, 3.63) is 23.8 Å². The molecule has 5 nitrogen and oxygen atoms in total. The van der Waals surface area contributed by atoms with Gasteiger partial charge in [-0.3, -0.25) is 9.59 Å². The van der Waals surface area contributed by atoms with E-state index in [9.17, 15) is 9.59 Å². The van der Waals surface area contributed by atoms with Crippen LogP contribution in [-0.2, 0) is 4.79 Å². The molecule has 1 atom stereocenters. The molecule has 0 saturated heterocycles. The Kier molecular flexibility index (Phi) is 3.10. The molecule has 2 N–H and O–H groups in total. The summed E-state index contributed by atoms with van der Waals surface area (Å²) in [7, 11) is 1.67. The topological polar surface area (TPSA) is 72.6 Å². The van der Waals surface area contributed by atoms with Gasteiger partial charge >= 0.3 is 0 Å². The van der Waals surface area contributed by atoms with Crippen LogP contribution >= 0.6 is 0 Å². The maximum atomic E-state index is 12.1. The van der Waals surface area contributed by atoms with Gasteiger partial charge in [-0.2, -0.15) is 0 Å². The quantitative estimate of drug-likeness (QED) is 0.817. The number of nitrogens with zero attached hydrogens (tertiary/aromatic N) is 1. The lowest BCUT2D eigenvalue weighted by atomic mass is 10.0. The lowest BCUT2D eigenvalue weighted by molar-refractivity contribution is -0.132. The van der Waals surface area contributed by atoms with E-state index in [0.29, 0.717) is 17.0 Å². The first-order valence-electron chi connectivity index (χ1n) is 6.15. The Hall–Kier alpha value is -1.88. The molecule has 1 aromatic rings. The summed E-state index contributed by atoms with van der Waals surface area (Å²) in [5.74, 6) is 0.284. The zero-order valence-corrected chi connectivity index (χ0v) is 11.6. The molecule has 102 valence electrons. The number of ether oxygens (including phenoxy) is 1. The van der Waals surface area contributed by atoms with Crippen molar-refractivity contribution < 1.29 is 14.3 Å². The Morgan fingerprint density at radius 2 is 2.05 bits per heavy atom. The molecule has 0 saturated carbocycles. The average Bonchev–Trinajstić information content (AvgIpc) is 2.34. The molecule has 5 heteroatoms. The predicted molar refractivity (Wildman–Crippen MR) is 72.5 cm³/mol. The molecule has 0 bridgehead atoms. The molecule has 2 rings (SSSR count). The van der Waals surface area contributed by atoms with Crippen LogP contribution in [0.4, 0.5) is 5.69 Å². The highest BCUT2D eigenvalue weighted by Crippen LogP contribution is 2.37. The number of likely N-dealkylation sites (N-methyl/N-ethyl adjacent to an activating group) is 1. The highest BCUT2D eigenvalue weighted by Gasteiger charge is 2.39. The second kappa shape index (κ2) is 4.35. The van der Waals surface area contributed by atoms with Crippen LogP contribution in [0.25, 0.3) is 0 Å². The first kappa shape index (κ1) is 13.5. The van der Waals surface area contributed by atoms with E-state index in [0.717, 1.165) is 0 Å². The van der Waals surface area contributed by atoms with Gasteiger partial charge in [0, 0.05) is 12.6 Å². The molecule has 1 aliphatic heterocycles. The summed E-state index contributed by atoms with van der Waals surface area (Å²) in [5.41, 5.74) is 5.77. The van der Waals surface area contributed by atoms with E-state index in [1.54, 1.807) is 46.0 Å². The molecule has 1 unspecified atom stereocenters. The fourth-order valence-electron chi connectivity index (χ4n) is 2.11. The number of ketones is 1. The van der Waals surface area contributed by atoms with E-state index in [4.69, 9.17) is 10.5 Å². The van der Waals surface area contributed by atoms with Crippen molar-refractivity contribution in [3.8, 4) is 5.75 Å². The largest absolute Gasteiger partial charge is 0.476 e. The Balaban J connectivity index is 2.47. The normalized spacial score (nSPS) is 18.6. The van der Waals surface area contributed by atoms with Gasteiger partial charge in [0.15, 0.2) is 11.4 Å². The summed E-state index contributed by atoms with van der Waals surface area (Å²) in [6.07, 6.45) is 0. The van der Waals surface area contributed by atoms with Crippen LogP contribution in [-0.4, -0.2) is 30.4 Å². The third kappa shape index (κ3) is 2.21. The Morgan fingerprint density at radius 3 is 2.63 bits per heavy atom. The number of hydrogen-bond donors (Lipinski definition) is 1. The van der Waals surface area contributed by atoms with Gasteiger partial charge in [-0.1, -0.05) is 0 Å². The summed E-state index contributed by atoms with van der Waals surface area (Å²) < 4.78 is 5.66. The number of carbonyl (C=O) groups is 2. The Labute approximate surface area is 112 Å². The second-order valence-electron chi connectivity index (χ2n) is 5.31. The van der Waals surface area contributed by atoms with Crippen molar-refractivity contribution in [2.45, 2.75) is 32.4 Å². The van der Waals surface area contributed by atoms with Gasteiger partial charge in [0.2, 0.25) is 0 Å². The van der Waals surface area contributed by atoms with Crippen molar-refractivity contribution in [1.82, 2.24) is 0 Å². The lowest BCUT2D eigenvalue weighted by Gasteiger charge is -2.37. The second-order valence-corrected chi connectivity index (χ2v) is 5.31. The van der Waals surface area contributed by atoms with E-state index in [1.165, 1.54) is 4.90 Å². The molecule has 1 amide bonds. The minimum Gasteiger partial charge on any atom is -0.476 e. The Bertz CT molecular complexity index is 550. The van der Waals surface area contributed by atoms with Crippen LogP contribution in [0, 0.1) is 0 Å². The number of nitrogens with two attached hydrogens (primary N) is 1. The van der Waals surface area contributed by atoms with Crippen molar-refractivity contribution in [2.24, 2.45) is 5.73 Å². The third-order valence-corrected chi connectivity index (χ3v) is 3.20. The van der Waals surface area contributed by atoms with Gasteiger partial charge in [-0.25, -0.2) is 0 Å². The van der Waals surface area contributed by atoms with Gasteiger partial charge in [0.1, 0.15) is 5.75 Å². The number of rotatable bonds is 2. The van der Waals surface area contributed by atoms with E-state index >= 15 is 0 Å². The van der Waals surface area contributed by atoms with Crippen LogP contribution in [0.15, 0.2) is 18.2 Å². The first-order valence-corrected chi connectivity index (χ1v) is 6.15. The van der Waals surface area contributed by atoms with Crippen LogP contribution < -0.4 is 15.4 Å². The standard InChI is InChI=1S/C14H18N2O3/c1-8(15)12(17)9-5-6-11-10(7-9)16(4)13(18)14(2,3)19-11/h5-8H,15H2,1-4H3. The highest BCUT2D eigenvalue weighted by atomic mass is 16.5. The van der Waals surface area contributed by atoms with Gasteiger partial charge in [-0.15, -0.1) is 0 Å². The zero-order chi connectivity index (χ0) is 14.4. The molecule has 0 fully saturated rings. The monoisotopic (exact) mass is 262 g/mol. The third-order valence-electron chi connectivity index (χ3n) is 3.20. The molecule has 1 aliphatic rings. The molecule has 0 aliphatic carbocycles. The Morgan fingerprint density at radius 1 is 1.42 bits per heavy atom. The summed E-state index contributed by atoms with van der Waals surface area (Å²) in [4.78, 5) is 25.5. The van der Waals surface area contributed by atoms with Crippen molar-refractivity contribution in [1.29, 1.82) is 0 Å². The first-order chi connectivity index (χ1) is 8.74. The molecule has 0 aromatic heterocycles. The number of carbonyl (C=O) groups excluding carboxylic acids is 2. The number of Topliss-reactive ketones (excluding diaryl/α,β-unsaturated/α-hetero) is 1.